The first-order chi connectivity index (χ1) is 12.9. The average Bonchev–Trinajstić information content (AvgIpc) is 2.81. The Labute approximate surface area is 170 Å². The molecule has 1 aromatic heterocycles. The van der Waals surface area contributed by atoms with Crippen LogP contribution in [0.25, 0.3) is 0 Å². The van der Waals surface area contributed by atoms with Gasteiger partial charge in [0.05, 0.1) is 6.54 Å². The summed E-state index contributed by atoms with van der Waals surface area (Å²) in [5.74, 6) is 0.664. The van der Waals surface area contributed by atoms with Gasteiger partial charge >= 0.3 is 0 Å². The number of piperidine rings is 1. The van der Waals surface area contributed by atoms with Crippen molar-refractivity contribution in [1.82, 2.24) is 20.0 Å². The van der Waals surface area contributed by atoms with Crippen LogP contribution < -0.4 is 10.3 Å². The Hall–Kier alpha value is -2.38. The SMILES string of the molecule is Cc1ccc2c(c1)CN(C(=O)c1ccc(=O)[nH]n1)CC1(CCN(C)CC1)O2.Cl. The molecule has 0 radical (unpaired) electrons. The molecule has 1 saturated heterocycles. The Balaban J connectivity index is 0.00000225. The first-order valence-corrected chi connectivity index (χ1v) is 9.26. The first-order valence-electron chi connectivity index (χ1n) is 9.26. The van der Waals surface area contributed by atoms with Crippen LogP contribution in [-0.2, 0) is 6.54 Å². The lowest BCUT2D eigenvalue weighted by Gasteiger charge is -2.41. The summed E-state index contributed by atoms with van der Waals surface area (Å²) in [5, 5.41) is 6.28. The van der Waals surface area contributed by atoms with Crippen LogP contribution in [0, 0.1) is 6.92 Å². The predicted octanol–water partition coefficient (Wildman–Crippen LogP) is 2.00. The second-order valence-corrected chi connectivity index (χ2v) is 7.67. The topological polar surface area (TPSA) is 78.5 Å². The number of H-pyrrole nitrogens is 1. The summed E-state index contributed by atoms with van der Waals surface area (Å²) in [7, 11) is 2.11. The zero-order valence-electron chi connectivity index (χ0n) is 16.1. The first kappa shape index (κ1) is 20.4. The van der Waals surface area contributed by atoms with Crippen molar-refractivity contribution in [2.45, 2.75) is 31.9 Å². The van der Waals surface area contributed by atoms with Gasteiger partial charge in [-0.15, -0.1) is 12.4 Å². The molecule has 0 bridgehead atoms. The minimum absolute atomic E-state index is 0. The Morgan fingerprint density at radius 1 is 1.21 bits per heavy atom. The van der Waals surface area contributed by atoms with E-state index in [0.29, 0.717) is 13.1 Å². The molecule has 1 spiro atoms. The van der Waals surface area contributed by atoms with Crippen molar-refractivity contribution in [1.29, 1.82) is 0 Å². The number of aromatic nitrogens is 2. The highest BCUT2D eigenvalue weighted by atomic mass is 35.5. The zero-order valence-corrected chi connectivity index (χ0v) is 16.9. The molecule has 4 rings (SSSR count). The Bertz CT molecular complexity index is 901. The molecule has 8 heteroatoms. The quantitative estimate of drug-likeness (QED) is 0.786. The number of amides is 1. The highest BCUT2D eigenvalue weighted by Gasteiger charge is 2.41. The van der Waals surface area contributed by atoms with Crippen LogP contribution in [0.15, 0.2) is 35.1 Å². The zero-order chi connectivity index (χ0) is 19.0. The Morgan fingerprint density at radius 3 is 2.64 bits per heavy atom. The van der Waals surface area contributed by atoms with Crippen molar-refractivity contribution in [3.63, 3.8) is 0 Å². The molecule has 1 N–H and O–H groups in total. The van der Waals surface area contributed by atoms with Gasteiger partial charge < -0.3 is 14.5 Å². The number of hydrogen-bond acceptors (Lipinski definition) is 5. The van der Waals surface area contributed by atoms with Crippen LogP contribution >= 0.6 is 12.4 Å². The number of nitrogens with one attached hydrogen (secondary N) is 1. The summed E-state index contributed by atoms with van der Waals surface area (Å²) in [6.45, 7) is 4.87. The van der Waals surface area contributed by atoms with Gasteiger partial charge in [-0.3, -0.25) is 9.59 Å². The molecule has 0 saturated carbocycles. The number of nitrogens with zero attached hydrogens (tertiary/aromatic N) is 3. The normalized spacial score (nSPS) is 18.6. The molecule has 150 valence electrons. The third-order valence-electron chi connectivity index (χ3n) is 5.47. The van der Waals surface area contributed by atoms with E-state index in [1.54, 1.807) is 4.90 Å². The van der Waals surface area contributed by atoms with Crippen LogP contribution in [0.4, 0.5) is 0 Å². The summed E-state index contributed by atoms with van der Waals surface area (Å²) in [4.78, 5) is 28.5. The summed E-state index contributed by atoms with van der Waals surface area (Å²) in [6, 6.07) is 8.94. The molecule has 7 nitrogen and oxygen atoms in total. The molecule has 28 heavy (non-hydrogen) atoms. The van der Waals surface area contributed by atoms with Gasteiger partial charge in [-0.1, -0.05) is 17.7 Å². The number of aryl methyl sites for hydroxylation is 1. The number of benzene rings is 1. The van der Waals surface area contributed by atoms with E-state index >= 15 is 0 Å². The minimum atomic E-state index is -0.398. The lowest BCUT2D eigenvalue weighted by atomic mass is 9.90. The number of aromatic amines is 1. The van der Waals surface area contributed by atoms with Gasteiger partial charge in [0.25, 0.3) is 11.5 Å². The fourth-order valence-electron chi connectivity index (χ4n) is 3.86. The van der Waals surface area contributed by atoms with Crippen molar-refractivity contribution in [2.24, 2.45) is 0 Å². The number of likely N-dealkylation sites (tertiary alicyclic amines) is 1. The van der Waals surface area contributed by atoms with Gasteiger partial charge in [-0.25, -0.2) is 5.10 Å². The van der Waals surface area contributed by atoms with E-state index in [4.69, 9.17) is 4.74 Å². The van der Waals surface area contributed by atoms with E-state index in [2.05, 4.69) is 28.2 Å². The second kappa shape index (κ2) is 7.93. The van der Waals surface area contributed by atoms with Gasteiger partial charge in [0.15, 0.2) is 0 Å². The highest BCUT2D eigenvalue weighted by molar-refractivity contribution is 5.92. The molecule has 2 aliphatic heterocycles. The number of rotatable bonds is 1. The van der Waals surface area contributed by atoms with E-state index in [-0.39, 0.29) is 29.6 Å². The Kier molecular flexibility index (Phi) is 5.76. The smallest absolute Gasteiger partial charge is 0.274 e. The van der Waals surface area contributed by atoms with Gasteiger partial charge in [0.1, 0.15) is 17.0 Å². The Morgan fingerprint density at radius 2 is 1.96 bits per heavy atom. The van der Waals surface area contributed by atoms with E-state index < -0.39 is 5.60 Å². The van der Waals surface area contributed by atoms with Crippen LogP contribution in [0.2, 0.25) is 0 Å². The summed E-state index contributed by atoms with van der Waals surface area (Å²) in [5.41, 5.74) is 1.66. The van der Waals surface area contributed by atoms with Crippen molar-refractivity contribution in [3.05, 3.63) is 57.5 Å². The average molecular weight is 405 g/mol. The van der Waals surface area contributed by atoms with E-state index in [1.165, 1.54) is 12.1 Å². The molecule has 0 aliphatic carbocycles. The molecule has 0 unspecified atom stereocenters. The van der Waals surface area contributed by atoms with Crippen molar-refractivity contribution in [3.8, 4) is 5.75 Å². The lowest BCUT2D eigenvalue weighted by Crippen LogP contribution is -2.53. The van der Waals surface area contributed by atoms with E-state index in [0.717, 1.165) is 42.8 Å². The number of ether oxygens (including phenoxy) is 1. The molecule has 1 amide bonds. The molecule has 2 aromatic rings. The van der Waals surface area contributed by atoms with Gasteiger partial charge in [0.2, 0.25) is 0 Å². The fourth-order valence-corrected chi connectivity index (χ4v) is 3.86. The number of hydrogen-bond donors (Lipinski definition) is 1. The van der Waals surface area contributed by atoms with Crippen molar-refractivity contribution < 1.29 is 9.53 Å². The maximum Gasteiger partial charge on any atom is 0.274 e. The van der Waals surface area contributed by atoms with E-state index in [9.17, 15) is 9.59 Å². The molecule has 2 aliphatic rings. The van der Waals surface area contributed by atoms with Gasteiger partial charge in [-0.05, 0) is 26.1 Å². The van der Waals surface area contributed by atoms with Crippen LogP contribution in [0.5, 0.6) is 5.75 Å². The molecule has 3 heterocycles. The van der Waals surface area contributed by atoms with Gasteiger partial charge in [0, 0.05) is 44.1 Å². The number of carbonyl (C=O) groups is 1. The van der Waals surface area contributed by atoms with Crippen molar-refractivity contribution in [2.75, 3.05) is 26.7 Å². The predicted molar refractivity (Wildman–Crippen MR) is 108 cm³/mol. The summed E-state index contributed by atoms with van der Waals surface area (Å²) < 4.78 is 6.53. The molecule has 1 fully saturated rings. The molecule has 0 atom stereocenters. The maximum atomic E-state index is 13.1. The van der Waals surface area contributed by atoms with Crippen LogP contribution in [0.1, 0.15) is 34.5 Å². The molecular formula is C20H25ClN4O3. The van der Waals surface area contributed by atoms with Crippen LogP contribution in [0.3, 0.4) is 0 Å². The maximum absolute atomic E-state index is 13.1. The summed E-state index contributed by atoms with van der Waals surface area (Å²) in [6.07, 6.45) is 1.72. The third kappa shape index (κ3) is 4.05. The fraction of sp³-hybridized carbons (Fsp3) is 0.450. The lowest BCUT2D eigenvalue weighted by molar-refractivity contribution is -0.0104. The third-order valence-corrected chi connectivity index (χ3v) is 5.47. The minimum Gasteiger partial charge on any atom is -0.485 e. The molecule has 1 aromatic carbocycles. The van der Waals surface area contributed by atoms with E-state index in [1.807, 2.05) is 19.1 Å². The summed E-state index contributed by atoms with van der Waals surface area (Å²) >= 11 is 0. The van der Waals surface area contributed by atoms with Crippen molar-refractivity contribution >= 4 is 18.3 Å². The number of carbonyl (C=O) groups excluding carboxylic acids is 1. The monoisotopic (exact) mass is 404 g/mol. The highest BCUT2D eigenvalue weighted by Crippen LogP contribution is 2.36. The number of fused-ring (bicyclic) bond motifs is 1. The van der Waals surface area contributed by atoms with Gasteiger partial charge in [-0.2, -0.15) is 5.10 Å². The standard InChI is InChI=1S/C20H24N4O3.ClH/c1-14-3-5-17-15(11-14)12-24(19(26)16-4-6-18(25)22-21-16)13-20(27-17)7-9-23(2)10-8-20;/h3-6,11H,7-10,12-13H2,1-2H3,(H,22,25);1H. The second-order valence-electron chi connectivity index (χ2n) is 7.67. The number of halogens is 1. The molecular weight excluding hydrogens is 380 g/mol. The largest absolute Gasteiger partial charge is 0.485 e. The van der Waals surface area contributed by atoms with Crippen LogP contribution in [-0.4, -0.2) is 58.2 Å².